The van der Waals surface area contributed by atoms with E-state index >= 15 is 0 Å². The van der Waals surface area contributed by atoms with E-state index in [2.05, 4.69) is 9.97 Å². The van der Waals surface area contributed by atoms with Crippen LogP contribution >= 0.6 is 11.3 Å². The van der Waals surface area contributed by atoms with Crippen molar-refractivity contribution < 1.29 is 13.2 Å². The number of sulfone groups is 1. The van der Waals surface area contributed by atoms with Crippen LogP contribution in [0.5, 0.6) is 5.75 Å². The molecule has 0 aliphatic rings. The van der Waals surface area contributed by atoms with Gasteiger partial charge < -0.3 is 4.74 Å². The van der Waals surface area contributed by atoms with Crippen molar-refractivity contribution in [1.29, 1.82) is 0 Å². The molecule has 0 N–H and O–H groups in total. The molecule has 3 rings (SSSR count). The fourth-order valence-electron chi connectivity index (χ4n) is 2.01. The molecule has 1 aromatic carbocycles. The van der Waals surface area contributed by atoms with Crippen LogP contribution in [0.1, 0.15) is 10.7 Å². The van der Waals surface area contributed by atoms with Gasteiger partial charge in [0.05, 0.1) is 11.2 Å². The molecular weight excluding hydrogens is 320 g/mol. The molecule has 0 aliphatic heterocycles. The van der Waals surface area contributed by atoms with Crippen LogP contribution in [0.25, 0.3) is 10.9 Å². The van der Waals surface area contributed by atoms with Crippen LogP contribution in [0.3, 0.4) is 0 Å². The Labute approximate surface area is 132 Å². The zero-order valence-corrected chi connectivity index (χ0v) is 13.5. The highest BCUT2D eigenvalue weighted by atomic mass is 32.2. The van der Waals surface area contributed by atoms with Gasteiger partial charge in [0.25, 0.3) is 0 Å². The Hall–Kier alpha value is -1.99. The molecule has 3 aromatic rings. The summed E-state index contributed by atoms with van der Waals surface area (Å²) in [4.78, 5) is 8.53. The highest BCUT2D eigenvalue weighted by Crippen LogP contribution is 2.20. The highest BCUT2D eigenvalue weighted by molar-refractivity contribution is 7.90. The van der Waals surface area contributed by atoms with Crippen molar-refractivity contribution in [2.75, 3.05) is 6.26 Å². The van der Waals surface area contributed by atoms with Gasteiger partial charge in [-0.2, -0.15) is 0 Å². The predicted molar refractivity (Wildman–Crippen MR) is 86.7 cm³/mol. The minimum absolute atomic E-state index is 0.0285. The molecular formula is C15H14N2O3S2. The Morgan fingerprint density at radius 3 is 2.95 bits per heavy atom. The second-order valence-electron chi connectivity index (χ2n) is 4.95. The third-order valence-electron chi connectivity index (χ3n) is 2.95. The van der Waals surface area contributed by atoms with E-state index < -0.39 is 9.84 Å². The summed E-state index contributed by atoms with van der Waals surface area (Å²) in [6.07, 6.45) is 2.95. The van der Waals surface area contributed by atoms with Gasteiger partial charge in [0, 0.05) is 23.2 Å². The van der Waals surface area contributed by atoms with E-state index in [1.54, 1.807) is 6.20 Å². The van der Waals surface area contributed by atoms with Crippen molar-refractivity contribution >= 4 is 32.1 Å². The molecule has 5 nitrogen and oxygen atoms in total. The standard InChI is InChI=1S/C15H14N2O3S2/c1-22(18,19)10-15-17-12(9-21-15)8-20-13-4-5-14-11(7-13)3-2-6-16-14/h2-7,9H,8,10H2,1H3. The first-order chi connectivity index (χ1) is 10.5. The second kappa shape index (κ2) is 6.02. The van der Waals surface area contributed by atoms with Gasteiger partial charge in [-0.15, -0.1) is 11.3 Å². The third kappa shape index (κ3) is 3.80. The van der Waals surface area contributed by atoms with Crippen LogP contribution in [0.2, 0.25) is 0 Å². The molecule has 0 atom stereocenters. The zero-order valence-electron chi connectivity index (χ0n) is 11.9. The third-order valence-corrected chi connectivity index (χ3v) is 4.82. The summed E-state index contributed by atoms with van der Waals surface area (Å²) >= 11 is 1.33. The van der Waals surface area contributed by atoms with Crippen molar-refractivity contribution in [2.45, 2.75) is 12.4 Å². The van der Waals surface area contributed by atoms with E-state index in [1.165, 1.54) is 17.6 Å². The molecule has 0 bridgehead atoms. The van der Waals surface area contributed by atoms with Gasteiger partial charge in [-0.25, -0.2) is 13.4 Å². The maximum Gasteiger partial charge on any atom is 0.153 e. The molecule has 0 amide bonds. The number of thiazole rings is 1. The fraction of sp³-hybridized carbons (Fsp3) is 0.200. The lowest BCUT2D eigenvalue weighted by Crippen LogP contribution is -2.01. The van der Waals surface area contributed by atoms with Crippen molar-refractivity contribution in [3.05, 3.63) is 52.6 Å². The lowest BCUT2D eigenvalue weighted by molar-refractivity contribution is 0.302. The molecule has 2 aromatic heterocycles. The number of pyridine rings is 1. The first-order valence-corrected chi connectivity index (χ1v) is 9.52. The van der Waals surface area contributed by atoms with Gasteiger partial charge >= 0.3 is 0 Å². The summed E-state index contributed by atoms with van der Waals surface area (Å²) in [5, 5.41) is 3.42. The molecule has 0 fully saturated rings. The Morgan fingerprint density at radius 2 is 2.14 bits per heavy atom. The van der Waals surface area contributed by atoms with Gasteiger partial charge in [0.1, 0.15) is 23.1 Å². The van der Waals surface area contributed by atoms with E-state index in [4.69, 9.17) is 4.74 Å². The monoisotopic (exact) mass is 334 g/mol. The van der Waals surface area contributed by atoms with Gasteiger partial charge in [-0.3, -0.25) is 4.98 Å². The molecule has 0 radical (unpaired) electrons. The van der Waals surface area contributed by atoms with Crippen LogP contribution in [0.4, 0.5) is 0 Å². The number of aromatic nitrogens is 2. The molecule has 0 saturated carbocycles. The molecule has 0 spiro atoms. The molecule has 22 heavy (non-hydrogen) atoms. The largest absolute Gasteiger partial charge is 0.487 e. The summed E-state index contributed by atoms with van der Waals surface area (Å²) in [6, 6.07) is 9.54. The SMILES string of the molecule is CS(=O)(=O)Cc1nc(COc2ccc3ncccc3c2)cs1. The summed E-state index contributed by atoms with van der Waals surface area (Å²) in [5.41, 5.74) is 1.65. The van der Waals surface area contributed by atoms with Gasteiger partial charge in [0.15, 0.2) is 9.84 Å². The number of fused-ring (bicyclic) bond motifs is 1. The van der Waals surface area contributed by atoms with E-state index in [-0.39, 0.29) is 5.75 Å². The molecule has 0 saturated heterocycles. The van der Waals surface area contributed by atoms with Crippen molar-refractivity contribution in [1.82, 2.24) is 9.97 Å². The van der Waals surface area contributed by atoms with Crippen LogP contribution in [0.15, 0.2) is 41.9 Å². The molecule has 0 aliphatic carbocycles. The predicted octanol–water partition coefficient (Wildman–Crippen LogP) is 2.81. The summed E-state index contributed by atoms with van der Waals surface area (Å²) in [6.45, 7) is 0.312. The van der Waals surface area contributed by atoms with Gasteiger partial charge in [-0.05, 0) is 24.3 Å². The maximum atomic E-state index is 11.2. The second-order valence-corrected chi connectivity index (χ2v) is 8.03. The Bertz CT molecular complexity index is 904. The van der Waals surface area contributed by atoms with E-state index in [9.17, 15) is 8.42 Å². The smallest absolute Gasteiger partial charge is 0.153 e. The summed E-state index contributed by atoms with van der Waals surface area (Å²) < 4.78 is 28.2. The minimum atomic E-state index is -3.06. The average molecular weight is 334 g/mol. The molecule has 0 unspecified atom stereocenters. The Balaban J connectivity index is 1.68. The summed E-state index contributed by atoms with van der Waals surface area (Å²) in [7, 11) is -3.06. The van der Waals surface area contributed by atoms with Gasteiger partial charge in [-0.1, -0.05) is 6.07 Å². The normalized spacial score (nSPS) is 11.7. The Morgan fingerprint density at radius 1 is 1.27 bits per heavy atom. The molecule has 2 heterocycles. The van der Waals surface area contributed by atoms with Crippen LogP contribution in [0, 0.1) is 0 Å². The zero-order chi connectivity index (χ0) is 15.6. The lowest BCUT2D eigenvalue weighted by Gasteiger charge is -2.05. The molecule has 114 valence electrons. The number of ether oxygens (including phenoxy) is 1. The van der Waals surface area contributed by atoms with Crippen molar-refractivity contribution in [3.63, 3.8) is 0 Å². The summed E-state index contributed by atoms with van der Waals surface area (Å²) in [5.74, 6) is 0.706. The van der Waals surface area contributed by atoms with E-state index in [1.807, 2.05) is 35.7 Å². The van der Waals surface area contributed by atoms with E-state index in [0.29, 0.717) is 11.6 Å². The minimum Gasteiger partial charge on any atom is -0.487 e. The van der Waals surface area contributed by atoms with E-state index in [0.717, 1.165) is 22.3 Å². The lowest BCUT2D eigenvalue weighted by atomic mass is 10.2. The number of rotatable bonds is 5. The number of hydrogen-bond donors (Lipinski definition) is 0. The topological polar surface area (TPSA) is 69.2 Å². The quantitative estimate of drug-likeness (QED) is 0.717. The fourth-order valence-corrected chi connectivity index (χ4v) is 4.00. The van der Waals surface area contributed by atoms with Crippen LogP contribution in [-0.4, -0.2) is 24.6 Å². The average Bonchev–Trinajstić information content (AvgIpc) is 2.90. The maximum absolute atomic E-state index is 11.2. The van der Waals surface area contributed by atoms with Crippen LogP contribution in [-0.2, 0) is 22.2 Å². The first kappa shape index (κ1) is 14.9. The van der Waals surface area contributed by atoms with Crippen molar-refractivity contribution in [2.24, 2.45) is 0 Å². The number of hydrogen-bond acceptors (Lipinski definition) is 6. The molecule has 7 heteroatoms. The Kier molecular flexibility index (Phi) is 4.08. The number of nitrogens with zero attached hydrogens (tertiary/aromatic N) is 2. The highest BCUT2D eigenvalue weighted by Gasteiger charge is 2.09. The van der Waals surface area contributed by atoms with Gasteiger partial charge in [0.2, 0.25) is 0 Å². The van der Waals surface area contributed by atoms with Crippen molar-refractivity contribution in [3.8, 4) is 5.75 Å². The van der Waals surface area contributed by atoms with Crippen LogP contribution < -0.4 is 4.74 Å². The first-order valence-electron chi connectivity index (χ1n) is 6.58. The number of benzene rings is 1.